The first kappa shape index (κ1) is 16.0. The standard InChI is InChI=1S/C17H15ClO4/c1-3-22-17(20)16(19)15-10-13(21-2)7-8-14(15)11-5-4-6-12(18)9-11/h4-10H,3H2,1-2H3. The van der Waals surface area contributed by atoms with E-state index in [0.29, 0.717) is 16.3 Å². The molecule has 0 unspecified atom stereocenters. The maximum absolute atomic E-state index is 12.3. The zero-order valence-electron chi connectivity index (χ0n) is 12.3. The highest BCUT2D eigenvalue weighted by Gasteiger charge is 2.22. The molecule has 0 atom stereocenters. The van der Waals surface area contributed by atoms with Crippen LogP contribution in [0.5, 0.6) is 5.75 Å². The lowest BCUT2D eigenvalue weighted by atomic mass is 9.96. The van der Waals surface area contributed by atoms with Crippen molar-refractivity contribution < 1.29 is 19.1 Å². The molecule has 0 aromatic heterocycles. The third kappa shape index (κ3) is 3.46. The van der Waals surface area contributed by atoms with Gasteiger partial charge >= 0.3 is 5.97 Å². The molecule has 0 heterocycles. The van der Waals surface area contributed by atoms with Crippen LogP contribution in [0.15, 0.2) is 42.5 Å². The number of hydrogen-bond donors (Lipinski definition) is 0. The van der Waals surface area contributed by atoms with Crippen molar-refractivity contribution in [3.63, 3.8) is 0 Å². The number of rotatable bonds is 5. The van der Waals surface area contributed by atoms with Gasteiger partial charge in [-0.3, -0.25) is 4.79 Å². The minimum Gasteiger partial charge on any atom is -0.497 e. The number of Topliss-reactive ketones (excluding diaryl/α,β-unsaturated/α-hetero) is 1. The molecule has 0 radical (unpaired) electrons. The second-order valence-corrected chi connectivity index (χ2v) is 4.91. The van der Waals surface area contributed by atoms with Gasteiger partial charge in [0.15, 0.2) is 0 Å². The van der Waals surface area contributed by atoms with Crippen LogP contribution in [0.2, 0.25) is 5.02 Å². The minimum atomic E-state index is -0.890. The number of carbonyl (C=O) groups excluding carboxylic acids is 2. The van der Waals surface area contributed by atoms with Gasteiger partial charge in [0.1, 0.15) is 5.75 Å². The fourth-order valence-electron chi connectivity index (χ4n) is 2.05. The SMILES string of the molecule is CCOC(=O)C(=O)c1cc(OC)ccc1-c1cccc(Cl)c1. The third-order valence-electron chi connectivity index (χ3n) is 3.07. The smallest absolute Gasteiger partial charge is 0.379 e. The summed E-state index contributed by atoms with van der Waals surface area (Å²) < 4.78 is 9.92. The Morgan fingerprint density at radius 3 is 2.55 bits per heavy atom. The largest absolute Gasteiger partial charge is 0.497 e. The Bertz CT molecular complexity index is 710. The average Bonchev–Trinajstić information content (AvgIpc) is 2.53. The number of ether oxygens (including phenoxy) is 2. The number of methoxy groups -OCH3 is 1. The summed E-state index contributed by atoms with van der Waals surface area (Å²) in [5.41, 5.74) is 1.56. The Hall–Kier alpha value is -2.33. The number of carbonyl (C=O) groups is 2. The molecule has 114 valence electrons. The van der Waals surface area contributed by atoms with Gasteiger partial charge in [0.25, 0.3) is 5.78 Å². The second-order valence-electron chi connectivity index (χ2n) is 4.47. The summed E-state index contributed by atoms with van der Waals surface area (Å²) in [6.45, 7) is 1.79. The molecule has 2 aromatic carbocycles. The number of ketones is 1. The fourth-order valence-corrected chi connectivity index (χ4v) is 2.24. The van der Waals surface area contributed by atoms with Crippen LogP contribution in [0, 0.1) is 0 Å². The minimum absolute atomic E-state index is 0.140. The summed E-state index contributed by atoms with van der Waals surface area (Å²) >= 11 is 6.00. The molecule has 0 aliphatic heterocycles. The molecule has 4 nitrogen and oxygen atoms in total. The van der Waals surface area contributed by atoms with E-state index in [1.165, 1.54) is 13.2 Å². The molecular weight excluding hydrogens is 304 g/mol. The van der Waals surface area contributed by atoms with Gasteiger partial charge in [-0.25, -0.2) is 4.79 Å². The van der Waals surface area contributed by atoms with Crippen molar-refractivity contribution in [2.24, 2.45) is 0 Å². The highest BCUT2D eigenvalue weighted by Crippen LogP contribution is 2.29. The first-order chi connectivity index (χ1) is 10.6. The molecule has 22 heavy (non-hydrogen) atoms. The zero-order chi connectivity index (χ0) is 16.1. The van der Waals surface area contributed by atoms with E-state index < -0.39 is 11.8 Å². The summed E-state index contributed by atoms with van der Waals surface area (Å²) in [5, 5.41) is 0.544. The molecule has 0 saturated heterocycles. The topological polar surface area (TPSA) is 52.6 Å². The molecule has 0 N–H and O–H groups in total. The summed E-state index contributed by atoms with van der Waals surface area (Å²) in [7, 11) is 1.49. The van der Waals surface area contributed by atoms with Crippen LogP contribution >= 0.6 is 11.6 Å². The Labute approximate surface area is 133 Å². The second kappa shape index (κ2) is 7.09. The van der Waals surface area contributed by atoms with Gasteiger partial charge in [-0.1, -0.05) is 23.7 Å². The van der Waals surface area contributed by atoms with E-state index in [4.69, 9.17) is 21.1 Å². The summed E-state index contributed by atoms with van der Waals surface area (Å²) in [4.78, 5) is 24.1. The normalized spacial score (nSPS) is 10.1. The molecule has 0 aliphatic carbocycles. The first-order valence-corrected chi connectivity index (χ1v) is 7.10. The van der Waals surface area contributed by atoms with Crippen LogP contribution < -0.4 is 4.74 Å². The lowest BCUT2D eigenvalue weighted by Gasteiger charge is -2.11. The van der Waals surface area contributed by atoms with Crippen LogP contribution in [0.3, 0.4) is 0 Å². The van der Waals surface area contributed by atoms with Crippen LogP contribution in [0.25, 0.3) is 11.1 Å². The summed E-state index contributed by atoms with van der Waals surface area (Å²) in [5.74, 6) is -1.12. The van der Waals surface area contributed by atoms with Gasteiger partial charge in [0, 0.05) is 10.6 Å². The quantitative estimate of drug-likeness (QED) is 0.478. The van der Waals surface area contributed by atoms with Gasteiger partial charge in [0.05, 0.1) is 13.7 Å². The van der Waals surface area contributed by atoms with Gasteiger partial charge in [-0.05, 0) is 48.4 Å². The van der Waals surface area contributed by atoms with Crippen molar-refractivity contribution in [2.75, 3.05) is 13.7 Å². The van der Waals surface area contributed by atoms with E-state index in [2.05, 4.69) is 0 Å². The van der Waals surface area contributed by atoms with Gasteiger partial charge < -0.3 is 9.47 Å². The molecule has 0 spiro atoms. The number of hydrogen-bond acceptors (Lipinski definition) is 4. The monoisotopic (exact) mass is 318 g/mol. The van der Waals surface area contributed by atoms with Gasteiger partial charge in [-0.2, -0.15) is 0 Å². The molecule has 5 heteroatoms. The van der Waals surface area contributed by atoms with E-state index in [1.807, 2.05) is 6.07 Å². The fraction of sp³-hybridized carbons (Fsp3) is 0.176. The molecule has 2 aromatic rings. The van der Waals surface area contributed by atoms with Gasteiger partial charge in [0.2, 0.25) is 0 Å². The van der Waals surface area contributed by atoms with Crippen molar-refractivity contribution in [3.05, 3.63) is 53.1 Å². The molecule has 0 aliphatic rings. The van der Waals surface area contributed by atoms with Crippen LogP contribution in [0.1, 0.15) is 17.3 Å². The van der Waals surface area contributed by atoms with Crippen molar-refractivity contribution >= 4 is 23.4 Å². The molecule has 0 bridgehead atoms. The number of esters is 1. The lowest BCUT2D eigenvalue weighted by molar-refractivity contribution is -0.137. The molecule has 0 amide bonds. The van der Waals surface area contributed by atoms with Crippen molar-refractivity contribution in [3.8, 4) is 16.9 Å². The number of halogens is 1. The Morgan fingerprint density at radius 1 is 1.14 bits per heavy atom. The van der Waals surface area contributed by atoms with Crippen molar-refractivity contribution in [2.45, 2.75) is 6.92 Å². The number of benzene rings is 2. The first-order valence-electron chi connectivity index (χ1n) is 6.72. The predicted molar refractivity (Wildman–Crippen MR) is 84.4 cm³/mol. The Balaban J connectivity index is 2.54. The maximum atomic E-state index is 12.3. The van der Waals surface area contributed by atoms with E-state index in [0.717, 1.165) is 5.56 Å². The zero-order valence-corrected chi connectivity index (χ0v) is 13.0. The van der Waals surface area contributed by atoms with Crippen LogP contribution in [-0.4, -0.2) is 25.5 Å². The van der Waals surface area contributed by atoms with E-state index in [-0.39, 0.29) is 12.2 Å². The van der Waals surface area contributed by atoms with E-state index in [1.54, 1.807) is 37.3 Å². The maximum Gasteiger partial charge on any atom is 0.379 e. The summed E-state index contributed by atoms with van der Waals surface area (Å²) in [6.07, 6.45) is 0. The molecule has 2 rings (SSSR count). The summed E-state index contributed by atoms with van der Waals surface area (Å²) in [6, 6.07) is 12.0. The third-order valence-corrected chi connectivity index (χ3v) is 3.30. The Morgan fingerprint density at radius 2 is 1.91 bits per heavy atom. The molecule has 0 fully saturated rings. The predicted octanol–water partition coefficient (Wildman–Crippen LogP) is 3.76. The van der Waals surface area contributed by atoms with Crippen molar-refractivity contribution in [1.29, 1.82) is 0 Å². The Kier molecular flexibility index (Phi) is 5.17. The molecule has 0 saturated carbocycles. The molecular formula is C17H15ClO4. The van der Waals surface area contributed by atoms with E-state index >= 15 is 0 Å². The van der Waals surface area contributed by atoms with Gasteiger partial charge in [-0.15, -0.1) is 0 Å². The lowest BCUT2D eigenvalue weighted by Crippen LogP contribution is -2.18. The van der Waals surface area contributed by atoms with Crippen molar-refractivity contribution in [1.82, 2.24) is 0 Å². The highest BCUT2D eigenvalue weighted by molar-refractivity contribution is 6.42. The highest BCUT2D eigenvalue weighted by atomic mass is 35.5. The van der Waals surface area contributed by atoms with Crippen LogP contribution in [0.4, 0.5) is 0 Å². The van der Waals surface area contributed by atoms with E-state index in [9.17, 15) is 9.59 Å². The van der Waals surface area contributed by atoms with Crippen LogP contribution in [-0.2, 0) is 9.53 Å². The average molecular weight is 319 g/mol.